The highest BCUT2D eigenvalue weighted by Crippen LogP contribution is 2.49. The molecule has 1 aliphatic rings. The van der Waals surface area contributed by atoms with Gasteiger partial charge >= 0.3 is 0 Å². The molecule has 19 heavy (non-hydrogen) atoms. The van der Waals surface area contributed by atoms with Crippen molar-refractivity contribution in [3.05, 3.63) is 28.2 Å². The Hall–Kier alpha value is -1.03. The molecule has 0 radical (unpaired) electrons. The highest BCUT2D eigenvalue weighted by molar-refractivity contribution is 9.10. The number of hydrogen-bond donors (Lipinski definition) is 1. The number of rotatable bonds is 6. The van der Waals surface area contributed by atoms with Crippen molar-refractivity contribution in [3.8, 4) is 5.75 Å². The zero-order chi connectivity index (χ0) is 13.8. The largest absolute Gasteiger partial charge is 0.497 e. The number of nitrogens with one attached hydrogen (secondary N) is 1. The van der Waals surface area contributed by atoms with Crippen molar-refractivity contribution < 1.29 is 9.53 Å². The molecule has 1 amide bonds. The number of carbonyl (C=O) groups excluding carboxylic acids is 1. The SMILES string of the molecule is CCCC(=O)NCC1CC1c1cc(OC)ccc1Br. The van der Waals surface area contributed by atoms with E-state index in [4.69, 9.17) is 4.74 Å². The Bertz CT molecular complexity index is 461. The van der Waals surface area contributed by atoms with Crippen LogP contribution in [0.1, 0.15) is 37.7 Å². The summed E-state index contributed by atoms with van der Waals surface area (Å²) in [5.41, 5.74) is 1.29. The molecule has 0 heterocycles. The Morgan fingerprint density at radius 1 is 1.53 bits per heavy atom. The smallest absolute Gasteiger partial charge is 0.219 e. The Labute approximate surface area is 122 Å². The third-order valence-corrected chi connectivity index (χ3v) is 4.29. The summed E-state index contributed by atoms with van der Waals surface area (Å²) in [6.07, 6.45) is 2.67. The summed E-state index contributed by atoms with van der Waals surface area (Å²) in [6.45, 7) is 2.81. The van der Waals surface area contributed by atoms with Gasteiger partial charge in [0.25, 0.3) is 0 Å². The second kappa shape index (κ2) is 6.42. The third kappa shape index (κ3) is 3.72. The first kappa shape index (κ1) is 14.4. The van der Waals surface area contributed by atoms with Crippen molar-refractivity contribution in [1.82, 2.24) is 5.32 Å². The van der Waals surface area contributed by atoms with Gasteiger partial charge in [-0.15, -0.1) is 0 Å². The highest BCUT2D eigenvalue weighted by atomic mass is 79.9. The molecule has 104 valence electrons. The molecule has 0 spiro atoms. The topological polar surface area (TPSA) is 38.3 Å². The van der Waals surface area contributed by atoms with E-state index in [2.05, 4.69) is 27.3 Å². The fourth-order valence-corrected chi connectivity index (χ4v) is 2.89. The molecule has 1 aliphatic carbocycles. The van der Waals surface area contributed by atoms with E-state index in [1.54, 1.807) is 7.11 Å². The molecular weight excluding hydrogens is 306 g/mol. The standard InChI is InChI=1S/C15H20BrNO2/c1-3-4-15(18)17-9-10-7-12(10)13-8-11(19-2)5-6-14(13)16/h5-6,8,10,12H,3-4,7,9H2,1-2H3,(H,17,18). The average Bonchev–Trinajstić information content (AvgIpc) is 3.17. The van der Waals surface area contributed by atoms with Gasteiger partial charge in [0.2, 0.25) is 5.91 Å². The Morgan fingerprint density at radius 3 is 3.00 bits per heavy atom. The molecule has 3 nitrogen and oxygen atoms in total. The minimum Gasteiger partial charge on any atom is -0.497 e. The van der Waals surface area contributed by atoms with Gasteiger partial charge in [-0.05, 0) is 48.4 Å². The van der Waals surface area contributed by atoms with Crippen molar-refractivity contribution in [1.29, 1.82) is 0 Å². The lowest BCUT2D eigenvalue weighted by molar-refractivity contribution is -0.121. The first-order valence-corrected chi connectivity index (χ1v) is 7.55. The van der Waals surface area contributed by atoms with Crippen LogP contribution in [-0.2, 0) is 4.79 Å². The summed E-state index contributed by atoms with van der Waals surface area (Å²) in [4.78, 5) is 11.4. The summed E-state index contributed by atoms with van der Waals surface area (Å²) in [6, 6.07) is 6.07. The molecule has 0 saturated heterocycles. The Kier molecular flexibility index (Phi) is 4.86. The van der Waals surface area contributed by atoms with E-state index < -0.39 is 0 Å². The van der Waals surface area contributed by atoms with Crippen molar-refractivity contribution in [3.63, 3.8) is 0 Å². The Balaban J connectivity index is 1.90. The summed E-state index contributed by atoms with van der Waals surface area (Å²) in [7, 11) is 1.68. The van der Waals surface area contributed by atoms with E-state index in [0.717, 1.165) is 29.6 Å². The van der Waals surface area contributed by atoms with Crippen molar-refractivity contribution >= 4 is 21.8 Å². The number of benzene rings is 1. The first-order chi connectivity index (χ1) is 9.15. The minimum atomic E-state index is 0.165. The molecule has 0 bridgehead atoms. The van der Waals surface area contributed by atoms with Gasteiger partial charge in [0.1, 0.15) is 5.75 Å². The molecule has 1 N–H and O–H groups in total. The van der Waals surface area contributed by atoms with Crippen molar-refractivity contribution in [2.75, 3.05) is 13.7 Å². The van der Waals surface area contributed by atoms with Gasteiger partial charge in [-0.25, -0.2) is 0 Å². The third-order valence-electron chi connectivity index (χ3n) is 3.56. The van der Waals surface area contributed by atoms with Crippen molar-refractivity contribution in [2.45, 2.75) is 32.1 Å². The molecule has 1 fully saturated rings. The number of hydrogen-bond acceptors (Lipinski definition) is 2. The zero-order valence-corrected chi connectivity index (χ0v) is 13.0. The van der Waals surface area contributed by atoms with E-state index in [-0.39, 0.29) is 5.91 Å². The second-order valence-corrected chi connectivity index (χ2v) is 5.90. The van der Waals surface area contributed by atoms with Gasteiger partial charge in [-0.3, -0.25) is 4.79 Å². The summed E-state index contributed by atoms with van der Waals surface area (Å²) >= 11 is 3.59. The average molecular weight is 326 g/mol. The first-order valence-electron chi connectivity index (χ1n) is 6.75. The lowest BCUT2D eigenvalue weighted by Crippen LogP contribution is -2.25. The number of carbonyl (C=O) groups is 1. The normalized spacial score (nSPS) is 21.0. The van der Waals surface area contributed by atoms with E-state index in [9.17, 15) is 4.79 Å². The fourth-order valence-electron chi connectivity index (χ4n) is 2.35. The number of halogens is 1. The van der Waals surface area contributed by atoms with Gasteiger partial charge in [-0.2, -0.15) is 0 Å². The minimum absolute atomic E-state index is 0.165. The number of ether oxygens (including phenoxy) is 1. The summed E-state index contributed by atoms with van der Waals surface area (Å²) in [5, 5.41) is 3.01. The number of methoxy groups -OCH3 is 1. The van der Waals surface area contributed by atoms with Crippen LogP contribution < -0.4 is 10.1 Å². The van der Waals surface area contributed by atoms with Crippen LogP contribution in [0.5, 0.6) is 5.75 Å². The number of amides is 1. The molecular formula is C15H20BrNO2. The second-order valence-electron chi connectivity index (χ2n) is 5.04. The molecule has 0 aliphatic heterocycles. The van der Waals surface area contributed by atoms with Crippen LogP contribution in [0, 0.1) is 5.92 Å². The summed E-state index contributed by atoms with van der Waals surface area (Å²) in [5.74, 6) is 2.15. The van der Waals surface area contributed by atoms with Crippen LogP contribution in [-0.4, -0.2) is 19.6 Å². The van der Waals surface area contributed by atoms with Gasteiger partial charge in [-0.1, -0.05) is 22.9 Å². The summed E-state index contributed by atoms with van der Waals surface area (Å²) < 4.78 is 6.39. The molecule has 2 unspecified atom stereocenters. The fraction of sp³-hybridized carbons (Fsp3) is 0.533. The molecule has 1 saturated carbocycles. The molecule has 2 rings (SSSR count). The Morgan fingerprint density at radius 2 is 2.32 bits per heavy atom. The molecule has 0 aromatic heterocycles. The van der Waals surface area contributed by atoms with Gasteiger partial charge in [0, 0.05) is 17.4 Å². The monoisotopic (exact) mass is 325 g/mol. The maximum atomic E-state index is 11.4. The molecule has 4 heteroatoms. The van der Waals surface area contributed by atoms with Crippen molar-refractivity contribution in [2.24, 2.45) is 5.92 Å². The van der Waals surface area contributed by atoms with Gasteiger partial charge < -0.3 is 10.1 Å². The maximum absolute atomic E-state index is 11.4. The van der Waals surface area contributed by atoms with Crippen LogP contribution in [0.3, 0.4) is 0 Å². The maximum Gasteiger partial charge on any atom is 0.219 e. The quantitative estimate of drug-likeness (QED) is 0.869. The van der Waals surface area contributed by atoms with E-state index in [0.29, 0.717) is 18.3 Å². The highest BCUT2D eigenvalue weighted by Gasteiger charge is 2.39. The van der Waals surface area contributed by atoms with Gasteiger partial charge in [0.05, 0.1) is 7.11 Å². The van der Waals surface area contributed by atoms with E-state index >= 15 is 0 Å². The van der Waals surface area contributed by atoms with Crippen LogP contribution in [0.4, 0.5) is 0 Å². The lowest BCUT2D eigenvalue weighted by atomic mass is 10.1. The molecule has 2 atom stereocenters. The molecule has 1 aromatic carbocycles. The van der Waals surface area contributed by atoms with Crippen LogP contribution in [0.25, 0.3) is 0 Å². The van der Waals surface area contributed by atoms with E-state index in [1.165, 1.54) is 5.56 Å². The predicted molar refractivity (Wildman–Crippen MR) is 79.5 cm³/mol. The molecule has 1 aromatic rings. The van der Waals surface area contributed by atoms with Gasteiger partial charge in [0.15, 0.2) is 0 Å². The van der Waals surface area contributed by atoms with E-state index in [1.807, 2.05) is 19.1 Å². The zero-order valence-electron chi connectivity index (χ0n) is 11.4. The van der Waals surface area contributed by atoms with Crippen LogP contribution >= 0.6 is 15.9 Å². The predicted octanol–water partition coefficient (Wildman–Crippen LogP) is 3.48. The van der Waals surface area contributed by atoms with Crippen LogP contribution in [0.2, 0.25) is 0 Å². The van der Waals surface area contributed by atoms with Crippen LogP contribution in [0.15, 0.2) is 22.7 Å². The lowest BCUT2D eigenvalue weighted by Gasteiger charge is -2.08.